The van der Waals surface area contributed by atoms with Gasteiger partial charge in [-0.15, -0.1) is 0 Å². The maximum atomic E-state index is 12.2. The van der Waals surface area contributed by atoms with Gasteiger partial charge in [0.15, 0.2) is 0 Å². The molecule has 0 atom stereocenters. The van der Waals surface area contributed by atoms with Gasteiger partial charge in [0, 0.05) is 5.71 Å². The quantitative estimate of drug-likeness (QED) is 0.354. The van der Waals surface area contributed by atoms with E-state index < -0.39 is 0 Å². The minimum absolute atomic E-state index is 0.00882. The summed E-state index contributed by atoms with van der Waals surface area (Å²) in [5, 5.41) is 7.32. The van der Waals surface area contributed by atoms with Gasteiger partial charge in [0.2, 0.25) is 11.8 Å². The first-order chi connectivity index (χ1) is 14.9. The van der Waals surface area contributed by atoms with E-state index >= 15 is 0 Å². The third-order valence-electron chi connectivity index (χ3n) is 4.44. The Bertz CT molecular complexity index is 1100. The smallest absolute Gasteiger partial charge is 0.244 e. The first-order valence-corrected chi connectivity index (χ1v) is 10.4. The lowest BCUT2D eigenvalue weighted by atomic mass is 10.0. The van der Waals surface area contributed by atoms with Gasteiger partial charge >= 0.3 is 0 Å². The number of amides is 2. The molecule has 0 aliphatic carbocycles. The molecule has 0 unspecified atom stereocenters. The van der Waals surface area contributed by atoms with E-state index in [-0.39, 0.29) is 29.7 Å². The van der Waals surface area contributed by atoms with E-state index in [0.29, 0.717) is 16.4 Å². The Morgan fingerprint density at radius 1 is 0.839 bits per heavy atom. The third kappa shape index (κ3) is 6.67. The van der Waals surface area contributed by atoms with E-state index in [1.54, 1.807) is 25.1 Å². The Hall–Kier alpha value is -3.15. The van der Waals surface area contributed by atoms with Crippen LogP contribution in [0.4, 0.5) is 5.69 Å². The lowest BCUT2D eigenvalue weighted by Crippen LogP contribution is -2.23. The molecule has 31 heavy (non-hydrogen) atoms. The molecule has 0 fully saturated rings. The minimum atomic E-state index is -0.309. The van der Waals surface area contributed by atoms with Crippen LogP contribution in [0.3, 0.4) is 0 Å². The number of hydrogen-bond donors (Lipinski definition) is 2. The number of nitrogens with zero attached hydrogens (tertiary/aromatic N) is 1. The Morgan fingerprint density at radius 2 is 1.52 bits per heavy atom. The van der Waals surface area contributed by atoms with Gasteiger partial charge in [0.25, 0.3) is 0 Å². The molecule has 2 amide bonds. The highest BCUT2D eigenvalue weighted by molar-refractivity contribution is 6.44. The summed E-state index contributed by atoms with van der Waals surface area (Å²) < 4.78 is 0. The monoisotopic (exact) mass is 453 g/mol. The van der Waals surface area contributed by atoms with Crippen LogP contribution in [-0.2, 0) is 16.0 Å². The molecule has 3 aromatic rings. The van der Waals surface area contributed by atoms with Crippen molar-refractivity contribution in [2.24, 2.45) is 5.10 Å². The van der Waals surface area contributed by atoms with Crippen LogP contribution in [0.25, 0.3) is 11.1 Å². The summed E-state index contributed by atoms with van der Waals surface area (Å²) in [6.07, 6.45) is 0.199. The van der Waals surface area contributed by atoms with Crippen molar-refractivity contribution in [3.8, 4) is 11.1 Å². The second kappa shape index (κ2) is 10.8. The largest absolute Gasteiger partial charge is 0.324 e. The molecule has 0 aromatic heterocycles. The molecule has 5 nitrogen and oxygen atoms in total. The van der Waals surface area contributed by atoms with Crippen molar-refractivity contribution < 1.29 is 9.59 Å². The molecule has 0 radical (unpaired) electrons. The molecule has 0 spiro atoms. The van der Waals surface area contributed by atoms with Crippen LogP contribution in [0.1, 0.15) is 18.9 Å². The van der Waals surface area contributed by atoms with Gasteiger partial charge in [-0.2, -0.15) is 5.10 Å². The van der Waals surface area contributed by atoms with Crippen LogP contribution in [0.5, 0.6) is 0 Å². The summed E-state index contributed by atoms with van der Waals surface area (Å²) in [4.78, 5) is 24.3. The third-order valence-corrected chi connectivity index (χ3v) is 5.26. The highest BCUT2D eigenvalue weighted by Crippen LogP contribution is 2.29. The Labute approximate surface area is 191 Å². The fraction of sp³-hybridized carbons (Fsp3) is 0.125. The van der Waals surface area contributed by atoms with Crippen molar-refractivity contribution in [2.75, 3.05) is 5.32 Å². The van der Waals surface area contributed by atoms with E-state index in [2.05, 4.69) is 15.8 Å². The van der Waals surface area contributed by atoms with Crippen molar-refractivity contribution in [3.63, 3.8) is 0 Å². The van der Waals surface area contributed by atoms with Gasteiger partial charge in [0.1, 0.15) is 0 Å². The van der Waals surface area contributed by atoms with E-state index in [1.165, 1.54) is 0 Å². The van der Waals surface area contributed by atoms with Gasteiger partial charge < -0.3 is 5.32 Å². The van der Waals surface area contributed by atoms with Crippen molar-refractivity contribution in [1.82, 2.24) is 5.43 Å². The summed E-state index contributed by atoms with van der Waals surface area (Å²) in [7, 11) is 0. The number of hydrazone groups is 1. The predicted octanol–water partition coefficient (Wildman–Crippen LogP) is 5.72. The molecule has 0 heterocycles. The molecular weight excluding hydrogens is 433 g/mol. The lowest BCUT2D eigenvalue weighted by molar-refractivity contribution is -0.120. The maximum Gasteiger partial charge on any atom is 0.244 e. The highest BCUT2D eigenvalue weighted by Gasteiger charge is 2.10. The number of halogens is 2. The highest BCUT2D eigenvalue weighted by atomic mass is 35.5. The number of anilines is 1. The average molecular weight is 454 g/mol. The fourth-order valence-electron chi connectivity index (χ4n) is 2.89. The number of carbonyl (C=O) groups excluding carboxylic acids is 2. The van der Waals surface area contributed by atoms with Gasteiger partial charge in [-0.05, 0) is 35.7 Å². The van der Waals surface area contributed by atoms with Crippen molar-refractivity contribution >= 4 is 46.4 Å². The number of carbonyl (C=O) groups is 2. The molecule has 3 rings (SSSR count). The molecular formula is C24H21Cl2N3O2. The van der Waals surface area contributed by atoms with E-state index in [9.17, 15) is 9.59 Å². The first kappa shape index (κ1) is 22.5. The van der Waals surface area contributed by atoms with E-state index in [1.807, 2.05) is 54.6 Å². The summed E-state index contributed by atoms with van der Waals surface area (Å²) >= 11 is 12.0. The zero-order valence-corrected chi connectivity index (χ0v) is 18.4. The molecule has 0 saturated heterocycles. The Kier molecular flexibility index (Phi) is 7.82. The van der Waals surface area contributed by atoms with E-state index in [4.69, 9.17) is 23.2 Å². The van der Waals surface area contributed by atoms with Crippen molar-refractivity contribution in [3.05, 3.63) is 88.4 Å². The van der Waals surface area contributed by atoms with Crippen LogP contribution < -0.4 is 10.7 Å². The number of benzene rings is 3. The summed E-state index contributed by atoms with van der Waals surface area (Å²) in [6.45, 7) is 1.66. The van der Waals surface area contributed by atoms with Crippen LogP contribution >= 0.6 is 23.2 Å². The first-order valence-electron chi connectivity index (χ1n) is 9.62. The standard InChI is InChI=1S/C24H21Cl2N3O2/c1-16(14-22(30)27-21-9-5-8-20(25)24(21)26)28-29-23(31)15-17-10-12-19(13-11-17)18-6-3-2-4-7-18/h2-13H,14-15H2,1H3,(H,27,30)(H,29,31)/b28-16+. The number of rotatable bonds is 7. The Morgan fingerprint density at radius 3 is 2.23 bits per heavy atom. The lowest BCUT2D eigenvalue weighted by Gasteiger charge is -2.08. The Balaban J connectivity index is 1.50. The van der Waals surface area contributed by atoms with Crippen molar-refractivity contribution in [1.29, 1.82) is 0 Å². The molecule has 0 saturated carbocycles. The summed E-state index contributed by atoms with van der Waals surface area (Å²) in [6, 6.07) is 22.8. The van der Waals surface area contributed by atoms with Crippen LogP contribution in [0.15, 0.2) is 77.9 Å². The zero-order chi connectivity index (χ0) is 22.2. The molecule has 0 aliphatic rings. The second-order valence-electron chi connectivity index (χ2n) is 6.95. The molecule has 7 heteroatoms. The summed E-state index contributed by atoms with van der Waals surface area (Å²) in [5.74, 6) is -0.568. The molecule has 0 aliphatic heterocycles. The second-order valence-corrected chi connectivity index (χ2v) is 7.73. The molecule has 0 bridgehead atoms. The molecule has 3 aromatic carbocycles. The maximum absolute atomic E-state index is 12.2. The van der Waals surface area contributed by atoms with Crippen LogP contribution in [0, 0.1) is 0 Å². The summed E-state index contributed by atoms with van der Waals surface area (Å²) in [5.41, 5.74) is 6.46. The van der Waals surface area contributed by atoms with E-state index in [0.717, 1.165) is 16.7 Å². The molecule has 158 valence electrons. The SMILES string of the molecule is C/C(CC(=O)Nc1cccc(Cl)c1Cl)=N\NC(=O)Cc1ccc(-c2ccccc2)cc1. The average Bonchev–Trinajstić information content (AvgIpc) is 2.77. The van der Waals surface area contributed by atoms with Gasteiger partial charge in [0.05, 0.1) is 28.6 Å². The zero-order valence-electron chi connectivity index (χ0n) is 16.9. The molecule has 2 N–H and O–H groups in total. The topological polar surface area (TPSA) is 70.6 Å². The fourth-order valence-corrected chi connectivity index (χ4v) is 3.24. The van der Waals surface area contributed by atoms with Gasteiger partial charge in [-0.25, -0.2) is 5.43 Å². The normalized spacial score (nSPS) is 11.1. The minimum Gasteiger partial charge on any atom is -0.324 e. The number of nitrogens with one attached hydrogen (secondary N) is 2. The van der Waals surface area contributed by atoms with Crippen molar-refractivity contribution in [2.45, 2.75) is 19.8 Å². The van der Waals surface area contributed by atoms with Crippen LogP contribution in [0.2, 0.25) is 10.0 Å². The van der Waals surface area contributed by atoms with Gasteiger partial charge in [-0.1, -0.05) is 83.9 Å². The number of hydrogen-bond acceptors (Lipinski definition) is 3. The van der Waals surface area contributed by atoms with Gasteiger partial charge in [-0.3, -0.25) is 9.59 Å². The van der Waals surface area contributed by atoms with Crippen LogP contribution in [-0.4, -0.2) is 17.5 Å². The predicted molar refractivity (Wildman–Crippen MR) is 127 cm³/mol.